The van der Waals surface area contributed by atoms with Crippen molar-refractivity contribution in [3.8, 4) is 0 Å². The first kappa shape index (κ1) is 35.0. The fourth-order valence-corrected chi connectivity index (χ4v) is 6.02. The summed E-state index contributed by atoms with van der Waals surface area (Å²) in [5.41, 5.74) is 0.861. The Morgan fingerprint density at radius 3 is 1.11 bits per heavy atom. The van der Waals surface area contributed by atoms with Crippen LogP contribution in [0, 0.1) is 22.7 Å². The molecule has 4 unspecified atom stereocenters. The van der Waals surface area contributed by atoms with Gasteiger partial charge < -0.3 is 4.74 Å². The molecule has 0 aliphatic heterocycles. The van der Waals surface area contributed by atoms with Gasteiger partial charge in [0.2, 0.25) is 0 Å². The summed E-state index contributed by atoms with van der Waals surface area (Å²) in [6.07, 6.45) is 25.0. The van der Waals surface area contributed by atoms with E-state index in [1.54, 1.807) is 0 Å². The van der Waals surface area contributed by atoms with Crippen molar-refractivity contribution >= 4 is 0 Å². The minimum Gasteiger partial charge on any atom is -0.375 e. The molecule has 0 amide bonds. The predicted octanol–water partition coefficient (Wildman–Crippen LogP) is 12.2. The van der Waals surface area contributed by atoms with Gasteiger partial charge in [0, 0.05) is 0 Å². The SMILES string of the molecule is CCCCCCCC(CCC(C)CC(C)(C)C)OC(CCCCCCC)CCC(C)CC(C)(C)C. The van der Waals surface area contributed by atoms with Gasteiger partial charge in [0.15, 0.2) is 0 Å². The van der Waals surface area contributed by atoms with E-state index < -0.39 is 0 Å². The highest BCUT2D eigenvalue weighted by molar-refractivity contribution is 4.73. The molecule has 0 aromatic carbocycles. The molecule has 0 bridgehead atoms. The highest BCUT2D eigenvalue weighted by atomic mass is 16.5. The summed E-state index contributed by atoms with van der Waals surface area (Å²) >= 11 is 0. The summed E-state index contributed by atoms with van der Waals surface area (Å²) in [5, 5.41) is 0. The topological polar surface area (TPSA) is 9.23 Å². The van der Waals surface area contributed by atoms with Crippen LogP contribution in [-0.4, -0.2) is 12.2 Å². The Hall–Kier alpha value is -0.0400. The van der Waals surface area contributed by atoms with Gasteiger partial charge in [0.05, 0.1) is 12.2 Å². The van der Waals surface area contributed by atoms with Crippen LogP contribution in [0.2, 0.25) is 0 Å². The molecule has 0 spiro atoms. The summed E-state index contributed by atoms with van der Waals surface area (Å²) in [6, 6.07) is 0. The summed E-state index contributed by atoms with van der Waals surface area (Å²) in [4.78, 5) is 0. The van der Waals surface area contributed by atoms with Gasteiger partial charge in [-0.05, 0) is 74.0 Å². The summed E-state index contributed by atoms with van der Waals surface area (Å²) in [7, 11) is 0. The van der Waals surface area contributed by atoms with Crippen LogP contribution in [0.5, 0.6) is 0 Å². The standard InChI is InChI=1S/C34H70O/c1-11-13-15-17-19-21-31(25-23-29(3)27-33(5,6)7)35-32(22-20-18-16-14-12-2)26-24-30(4)28-34(8,9)10/h29-32H,11-28H2,1-10H3. The maximum absolute atomic E-state index is 7.02. The highest BCUT2D eigenvalue weighted by Crippen LogP contribution is 2.31. The van der Waals surface area contributed by atoms with Crippen LogP contribution in [0.3, 0.4) is 0 Å². The van der Waals surface area contributed by atoms with Crippen molar-refractivity contribution in [2.45, 2.75) is 197 Å². The first-order valence-corrected chi connectivity index (χ1v) is 16.0. The van der Waals surface area contributed by atoms with E-state index in [4.69, 9.17) is 4.74 Å². The van der Waals surface area contributed by atoms with Gasteiger partial charge in [-0.2, -0.15) is 0 Å². The third-order valence-electron chi connectivity index (χ3n) is 7.53. The van der Waals surface area contributed by atoms with Gasteiger partial charge in [-0.15, -0.1) is 0 Å². The lowest BCUT2D eigenvalue weighted by molar-refractivity contribution is -0.0359. The summed E-state index contributed by atoms with van der Waals surface area (Å²) in [5.74, 6) is 1.58. The molecule has 0 rings (SSSR count). The normalized spacial score (nSPS) is 16.3. The molecule has 0 radical (unpaired) electrons. The maximum atomic E-state index is 7.02. The first-order valence-electron chi connectivity index (χ1n) is 16.0. The first-order chi connectivity index (χ1) is 16.4. The molecule has 0 aliphatic rings. The van der Waals surface area contributed by atoms with Crippen molar-refractivity contribution in [3.63, 3.8) is 0 Å². The molecule has 0 aromatic heterocycles. The highest BCUT2D eigenvalue weighted by Gasteiger charge is 2.22. The molecule has 0 aliphatic carbocycles. The molecular weight excluding hydrogens is 424 g/mol. The minimum absolute atomic E-state index is 0.431. The monoisotopic (exact) mass is 495 g/mol. The molecule has 0 saturated carbocycles. The van der Waals surface area contributed by atoms with Gasteiger partial charge >= 0.3 is 0 Å². The number of ether oxygens (including phenoxy) is 1. The molecule has 0 fully saturated rings. The zero-order valence-corrected chi connectivity index (χ0v) is 26.4. The fraction of sp³-hybridized carbons (Fsp3) is 1.00. The van der Waals surface area contributed by atoms with Crippen molar-refractivity contribution < 1.29 is 4.74 Å². The van der Waals surface area contributed by atoms with E-state index in [9.17, 15) is 0 Å². The van der Waals surface area contributed by atoms with Crippen molar-refractivity contribution in [2.75, 3.05) is 0 Å². The molecule has 35 heavy (non-hydrogen) atoms. The largest absolute Gasteiger partial charge is 0.375 e. The Morgan fingerprint density at radius 1 is 0.457 bits per heavy atom. The molecular formula is C34H70O. The van der Waals surface area contributed by atoms with E-state index in [1.165, 1.54) is 116 Å². The van der Waals surface area contributed by atoms with Crippen molar-refractivity contribution in [2.24, 2.45) is 22.7 Å². The maximum Gasteiger partial charge on any atom is 0.0579 e. The lowest BCUT2D eigenvalue weighted by atomic mass is 9.83. The van der Waals surface area contributed by atoms with Gasteiger partial charge in [-0.1, -0.05) is 133 Å². The molecule has 0 heterocycles. The quantitative estimate of drug-likeness (QED) is 0.136. The van der Waals surface area contributed by atoms with Gasteiger partial charge in [0.1, 0.15) is 0 Å². The molecule has 0 aromatic rings. The minimum atomic E-state index is 0.431. The molecule has 4 atom stereocenters. The van der Waals surface area contributed by atoms with E-state index in [1.807, 2.05) is 0 Å². The van der Waals surface area contributed by atoms with E-state index in [2.05, 4.69) is 69.2 Å². The van der Waals surface area contributed by atoms with E-state index in [0.29, 0.717) is 23.0 Å². The second-order valence-electron chi connectivity index (χ2n) is 14.7. The average Bonchev–Trinajstić information content (AvgIpc) is 2.72. The van der Waals surface area contributed by atoms with Crippen molar-refractivity contribution in [1.82, 2.24) is 0 Å². The van der Waals surface area contributed by atoms with Crippen LogP contribution < -0.4 is 0 Å². The van der Waals surface area contributed by atoms with Crippen LogP contribution in [0.1, 0.15) is 185 Å². The van der Waals surface area contributed by atoms with E-state index >= 15 is 0 Å². The van der Waals surface area contributed by atoms with Crippen LogP contribution >= 0.6 is 0 Å². The van der Waals surface area contributed by atoms with E-state index in [-0.39, 0.29) is 0 Å². The van der Waals surface area contributed by atoms with Crippen LogP contribution in [0.15, 0.2) is 0 Å². The third kappa shape index (κ3) is 24.1. The van der Waals surface area contributed by atoms with Gasteiger partial charge in [-0.3, -0.25) is 0 Å². The van der Waals surface area contributed by atoms with Gasteiger partial charge in [0.25, 0.3) is 0 Å². The fourth-order valence-electron chi connectivity index (χ4n) is 6.02. The lowest BCUT2D eigenvalue weighted by Crippen LogP contribution is -2.25. The number of hydrogen-bond donors (Lipinski definition) is 0. The Bertz CT molecular complexity index is 412. The van der Waals surface area contributed by atoms with E-state index in [0.717, 1.165) is 11.8 Å². The third-order valence-corrected chi connectivity index (χ3v) is 7.53. The molecule has 0 N–H and O–H groups in total. The number of rotatable bonds is 22. The lowest BCUT2D eigenvalue weighted by Gasteiger charge is -2.29. The molecule has 0 saturated heterocycles. The second kappa shape index (κ2) is 20.0. The molecule has 1 nitrogen and oxygen atoms in total. The Morgan fingerprint density at radius 2 is 0.800 bits per heavy atom. The van der Waals surface area contributed by atoms with Crippen LogP contribution in [0.4, 0.5) is 0 Å². The van der Waals surface area contributed by atoms with Crippen LogP contribution in [0.25, 0.3) is 0 Å². The van der Waals surface area contributed by atoms with Crippen molar-refractivity contribution in [1.29, 1.82) is 0 Å². The second-order valence-corrected chi connectivity index (χ2v) is 14.7. The number of hydrogen-bond acceptors (Lipinski definition) is 1. The zero-order valence-electron chi connectivity index (χ0n) is 26.4. The summed E-state index contributed by atoms with van der Waals surface area (Å²) in [6.45, 7) is 23.9. The Balaban J connectivity index is 5.01. The van der Waals surface area contributed by atoms with Gasteiger partial charge in [-0.25, -0.2) is 0 Å². The number of unbranched alkanes of at least 4 members (excludes halogenated alkanes) is 8. The molecule has 1 heteroatoms. The van der Waals surface area contributed by atoms with Crippen molar-refractivity contribution in [3.05, 3.63) is 0 Å². The van der Waals surface area contributed by atoms with Crippen LogP contribution in [-0.2, 0) is 4.74 Å². The Kier molecular flexibility index (Phi) is 20.0. The smallest absolute Gasteiger partial charge is 0.0579 e. The summed E-state index contributed by atoms with van der Waals surface area (Å²) < 4.78 is 7.02. The Labute approximate surface area is 224 Å². The average molecular weight is 495 g/mol. The predicted molar refractivity (Wildman–Crippen MR) is 160 cm³/mol. The zero-order chi connectivity index (χ0) is 26.7. The molecule has 212 valence electrons.